The van der Waals surface area contributed by atoms with E-state index in [4.69, 9.17) is 16.3 Å². The molecule has 0 N–H and O–H groups in total. The zero-order chi connectivity index (χ0) is 17.9. The van der Waals surface area contributed by atoms with Crippen LogP contribution in [0.2, 0.25) is 5.02 Å². The molecule has 0 unspecified atom stereocenters. The first-order valence-electron chi connectivity index (χ1n) is 7.70. The van der Waals surface area contributed by atoms with Gasteiger partial charge in [0.2, 0.25) is 0 Å². The highest BCUT2D eigenvalue weighted by atomic mass is 35.5. The molecular weight excluding hydrogens is 330 g/mol. The van der Waals surface area contributed by atoms with Crippen molar-refractivity contribution in [2.75, 3.05) is 20.2 Å². The Hall–Kier alpha value is -2.01. The molecule has 0 atom stereocenters. The van der Waals surface area contributed by atoms with Crippen LogP contribution < -0.4 is 0 Å². The monoisotopic (exact) mass is 351 g/mol. The maximum Gasteiger partial charge on any atom is 0.410 e. The second-order valence-electron chi connectivity index (χ2n) is 6.75. The topological polar surface area (TPSA) is 55.8 Å². The molecule has 1 heterocycles. The van der Waals surface area contributed by atoms with Crippen LogP contribution in [0.5, 0.6) is 0 Å². The number of likely N-dealkylation sites (tertiary alicyclic amines) is 1. The maximum atomic E-state index is 11.9. The van der Waals surface area contributed by atoms with Crippen LogP contribution in [0.4, 0.5) is 4.79 Å². The summed E-state index contributed by atoms with van der Waals surface area (Å²) in [5.74, 6) is -0.302. The second-order valence-corrected chi connectivity index (χ2v) is 7.15. The Kier molecular flexibility index (Phi) is 5.54. The first-order chi connectivity index (χ1) is 11.2. The number of hydrogen-bond acceptors (Lipinski definition) is 4. The largest absolute Gasteiger partial charge is 0.469 e. The van der Waals surface area contributed by atoms with E-state index in [0.29, 0.717) is 18.1 Å². The summed E-state index contributed by atoms with van der Waals surface area (Å²) in [6.07, 6.45) is 1.85. The number of hydrogen-bond donors (Lipinski definition) is 0. The number of esters is 1. The number of rotatable bonds is 3. The third-order valence-electron chi connectivity index (χ3n) is 3.44. The van der Waals surface area contributed by atoms with Crippen molar-refractivity contribution >= 4 is 29.7 Å². The first kappa shape index (κ1) is 18.3. The van der Waals surface area contributed by atoms with E-state index in [1.807, 2.05) is 39.0 Å². The molecule has 0 spiro atoms. The summed E-state index contributed by atoms with van der Waals surface area (Å²) < 4.78 is 9.96. The summed E-state index contributed by atoms with van der Waals surface area (Å²) >= 11 is 6.27. The summed E-state index contributed by atoms with van der Waals surface area (Å²) in [4.78, 5) is 24.8. The SMILES string of the molecule is COC(=O)Cc1ccc(C=C2CN(C(=O)OC(C)(C)C)C2)c(Cl)c1. The van der Waals surface area contributed by atoms with E-state index in [2.05, 4.69) is 4.74 Å². The molecule has 0 saturated carbocycles. The number of carbonyl (C=O) groups is 2. The third-order valence-corrected chi connectivity index (χ3v) is 3.77. The molecular formula is C18H22ClNO4. The molecule has 1 saturated heterocycles. The van der Waals surface area contributed by atoms with Gasteiger partial charge in [0, 0.05) is 18.1 Å². The van der Waals surface area contributed by atoms with Crippen LogP contribution in [0, 0.1) is 0 Å². The van der Waals surface area contributed by atoms with Gasteiger partial charge in [0.15, 0.2) is 0 Å². The minimum absolute atomic E-state index is 0.194. The minimum Gasteiger partial charge on any atom is -0.469 e. The number of amides is 1. The lowest BCUT2D eigenvalue weighted by Gasteiger charge is -2.35. The van der Waals surface area contributed by atoms with Crippen LogP contribution in [0.3, 0.4) is 0 Å². The average Bonchev–Trinajstić information content (AvgIpc) is 2.42. The zero-order valence-corrected chi connectivity index (χ0v) is 15.1. The number of ether oxygens (including phenoxy) is 2. The maximum absolute atomic E-state index is 11.9. The van der Waals surface area contributed by atoms with E-state index in [1.165, 1.54) is 7.11 Å². The normalized spacial score (nSPS) is 14.0. The highest BCUT2D eigenvalue weighted by molar-refractivity contribution is 6.32. The number of methoxy groups -OCH3 is 1. The van der Waals surface area contributed by atoms with Crippen molar-refractivity contribution in [3.05, 3.63) is 39.9 Å². The molecule has 24 heavy (non-hydrogen) atoms. The predicted octanol–water partition coefficient (Wildman–Crippen LogP) is 3.69. The van der Waals surface area contributed by atoms with Gasteiger partial charge >= 0.3 is 12.1 Å². The summed E-state index contributed by atoms with van der Waals surface area (Å²) in [6, 6.07) is 5.47. The van der Waals surface area contributed by atoms with E-state index in [1.54, 1.807) is 11.0 Å². The fourth-order valence-electron chi connectivity index (χ4n) is 2.25. The molecule has 0 aromatic heterocycles. The van der Waals surface area contributed by atoms with E-state index in [-0.39, 0.29) is 18.5 Å². The molecule has 1 aromatic rings. The predicted molar refractivity (Wildman–Crippen MR) is 93.0 cm³/mol. The first-order valence-corrected chi connectivity index (χ1v) is 8.08. The van der Waals surface area contributed by atoms with Crippen molar-refractivity contribution < 1.29 is 19.1 Å². The Labute approximate surface area is 147 Å². The molecule has 1 aliphatic rings. The van der Waals surface area contributed by atoms with Crippen LogP contribution in [0.15, 0.2) is 23.8 Å². The molecule has 130 valence electrons. The summed E-state index contributed by atoms with van der Waals surface area (Å²) in [6.45, 7) is 6.61. The quantitative estimate of drug-likeness (QED) is 0.779. The van der Waals surface area contributed by atoms with Crippen molar-refractivity contribution in [1.82, 2.24) is 4.90 Å². The molecule has 0 radical (unpaired) electrons. The van der Waals surface area contributed by atoms with Gasteiger partial charge in [-0.05, 0) is 43.5 Å². The van der Waals surface area contributed by atoms with Gasteiger partial charge in [-0.15, -0.1) is 0 Å². The molecule has 6 heteroatoms. The van der Waals surface area contributed by atoms with Crippen LogP contribution in [-0.4, -0.2) is 42.8 Å². The smallest absolute Gasteiger partial charge is 0.410 e. The lowest BCUT2D eigenvalue weighted by Crippen LogP contribution is -2.46. The van der Waals surface area contributed by atoms with Crippen molar-refractivity contribution in [3.63, 3.8) is 0 Å². The number of halogens is 1. The van der Waals surface area contributed by atoms with Gasteiger partial charge in [-0.2, -0.15) is 0 Å². The summed E-state index contributed by atoms with van der Waals surface area (Å²) in [7, 11) is 1.36. The molecule has 5 nitrogen and oxygen atoms in total. The molecule has 1 fully saturated rings. The van der Waals surface area contributed by atoms with Crippen molar-refractivity contribution in [2.24, 2.45) is 0 Å². The van der Waals surface area contributed by atoms with Crippen LogP contribution in [0.1, 0.15) is 31.9 Å². The molecule has 0 aliphatic carbocycles. The Morgan fingerprint density at radius 2 is 1.96 bits per heavy atom. The van der Waals surface area contributed by atoms with Crippen LogP contribution >= 0.6 is 11.6 Å². The van der Waals surface area contributed by atoms with E-state index in [0.717, 1.165) is 16.7 Å². The Bertz CT molecular complexity index is 668. The van der Waals surface area contributed by atoms with Crippen LogP contribution in [0.25, 0.3) is 6.08 Å². The number of nitrogens with zero attached hydrogens (tertiary/aromatic N) is 1. The van der Waals surface area contributed by atoms with Gasteiger partial charge in [0.05, 0.1) is 13.5 Å². The van der Waals surface area contributed by atoms with Gasteiger partial charge in [0.25, 0.3) is 0 Å². The molecule has 1 aliphatic heterocycles. The van der Waals surface area contributed by atoms with Crippen molar-refractivity contribution in [1.29, 1.82) is 0 Å². The number of carbonyl (C=O) groups excluding carboxylic acids is 2. The number of benzene rings is 1. The Balaban J connectivity index is 1.96. The van der Waals surface area contributed by atoms with Gasteiger partial charge in [0.1, 0.15) is 5.60 Å². The molecule has 1 amide bonds. The van der Waals surface area contributed by atoms with Gasteiger partial charge < -0.3 is 14.4 Å². The van der Waals surface area contributed by atoms with E-state index < -0.39 is 5.60 Å². The zero-order valence-electron chi connectivity index (χ0n) is 14.4. The molecule has 2 rings (SSSR count). The Morgan fingerprint density at radius 3 is 2.50 bits per heavy atom. The average molecular weight is 352 g/mol. The fraction of sp³-hybridized carbons (Fsp3) is 0.444. The van der Waals surface area contributed by atoms with Gasteiger partial charge in [-0.1, -0.05) is 29.8 Å². The standard InChI is InChI=1S/C18H22ClNO4/c1-18(2,3)24-17(22)20-10-13(11-20)7-14-6-5-12(8-15(14)19)9-16(21)23-4/h5-8H,9-11H2,1-4H3. The van der Waals surface area contributed by atoms with Gasteiger partial charge in [-0.3, -0.25) is 4.79 Å². The van der Waals surface area contributed by atoms with Crippen molar-refractivity contribution in [2.45, 2.75) is 32.8 Å². The Morgan fingerprint density at radius 1 is 1.29 bits per heavy atom. The van der Waals surface area contributed by atoms with Gasteiger partial charge in [-0.25, -0.2) is 4.79 Å². The van der Waals surface area contributed by atoms with Crippen molar-refractivity contribution in [3.8, 4) is 0 Å². The van der Waals surface area contributed by atoms with E-state index in [9.17, 15) is 9.59 Å². The van der Waals surface area contributed by atoms with E-state index >= 15 is 0 Å². The molecule has 0 bridgehead atoms. The second kappa shape index (κ2) is 7.26. The third kappa shape index (κ3) is 4.99. The van der Waals surface area contributed by atoms with Crippen LogP contribution in [-0.2, 0) is 20.7 Å². The highest BCUT2D eigenvalue weighted by Gasteiger charge is 2.29. The summed E-state index contributed by atoms with van der Waals surface area (Å²) in [5, 5.41) is 0.569. The minimum atomic E-state index is -0.491. The fourth-order valence-corrected chi connectivity index (χ4v) is 2.50. The lowest BCUT2D eigenvalue weighted by molar-refractivity contribution is -0.139. The lowest BCUT2D eigenvalue weighted by atomic mass is 10.0. The highest BCUT2D eigenvalue weighted by Crippen LogP contribution is 2.25. The summed E-state index contributed by atoms with van der Waals surface area (Å²) in [5.41, 5.74) is 2.28. The molecule has 1 aromatic carbocycles.